The van der Waals surface area contributed by atoms with Crippen LogP contribution in [-0.2, 0) is 10.0 Å². The molecule has 21 heavy (non-hydrogen) atoms. The van der Waals surface area contributed by atoms with Crippen LogP contribution in [0.1, 0.15) is 10.4 Å². The van der Waals surface area contributed by atoms with Crippen LogP contribution in [0.5, 0.6) is 0 Å². The minimum Gasteiger partial charge on any atom is -0.478 e. The van der Waals surface area contributed by atoms with E-state index in [1.807, 2.05) is 0 Å². The molecule has 0 aliphatic carbocycles. The zero-order valence-electron chi connectivity index (χ0n) is 10.8. The van der Waals surface area contributed by atoms with Crippen molar-refractivity contribution in [1.29, 1.82) is 0 Å². The van der Waals surface area contributed by atoms with E-state index >= 15 is 0 Å². The molecular formula is C12H13N3O5S. The molecule has 0 atom stereocenters. The molecule has 0 radical (unpaired) electrons. The van der Waals surface area contributed by atoms with Crippen molar-refractivity contribution in [3.8, 4) is 0 Å². The lowest BCUT2D eigenvalue weighted by molar-refractivity contribution is 0.0697. The molecule has 3 N–H and O–H groups in total. The van der Waals surface area contributed by atoms with Gasteiger partial charge in [0.2, 0.25) is 0 Å². The van der Waals surface area contributed by atoms with E-state index in [2.05, 4.69) is 9.97 Å². The van der Waals surface area contributed by atoms with E-state index in [0.29, 0.717) is 0 Å². The molecule has 112 valence electrons. The number of carboxylic acids is 1. The highest BCUT2D eigenvalue weighted by molar-refractivity contribution is 7.92. The summed E-state index contributed by atoms with van der Waals surface area (Å²) in [6.45, 7) is -0.540. The summed E-state index contributed by atoms with van der Waals surface area (Å²) in [6.07, 6.45) is 2.39. The number of rotatable bonds is 6. The number of anilines is 1. The summed E-state index contributed by atoms with van der Waals surface area (Å²) < 4.78 is 25.8. The number of aromatic amines is 1. The average Bonchev–Trinajstić information content (AvgIpc) is 2.99. The van der Waals surface area contributed by atoms with Crippen LogP contribution in [0, 0.1) is 0 Å². The maximum Gasteiger partial charge on any atom is 0.335 e. The van der Waals surface area contributed by atoms with Gasteiger partial charge in [-0.25, -0.2) is 9.78 Å². The summed E-state index contributed by atoms with van der Waals surface area (Å²) in [5, 5.41) is 17.8. The van der Waals surface area contributed by atoms with Crippen molar-refractivity contribution in [2.75, 3.05) is 17.5 Å². The molecule has 0 fully saturated rings. The van der Waals surface area contributed by atoms with Crippen molar-refractivity contribution in [2.24, 2.45) is 0 Å². The second-order valence-electron chi connectivity index (χ2n) is 4.07. The Bertz CT molecular complexity index is 710. The third-order valence-electron chi connectivity index (χ3n) is 2.75. The maximum absolute atomic E-state index is 12.4. The van der Waals surface area contributed by atoms with E-state index in [0.717, 1.165) is 10.5 Å². The minimum absolute atomic E-state index is 0.0432. The highest BCUT2D eigenvalue weighted by atomic mass is 32.2. The van der Waals surface area contributed by atoms with Gasteiger partial charge in [-0.1, -0.05) is 0 Å². The lowest BCUT2D eigenvalue weighted by Crippen LogP contribution is -2.33. The summed E-state index contributed by atoms with van der Waals surface area (Å²) in [6, 6.07) is 5.33. The van der Waals surface area contributed by atoms with Gasteiger partial charge in [0, 0.05) is 0 Å². The van der Waals surface area contributed by atoms with Gasteiger partial charge in [-0.05, 0) is 24.3 Å². The van der Waals surface area contributed by atoms with Gasteiger partial charge in [0.05, 0.1) is 36.9 Å². The number of aromatic nitrogens is 2. The zero-order chi connectivity index (χ0) is 15.5. The van der Waals surface area contributed by atoms with E-state index < -0.39 is 16.0 Å². The fraction of sp³-hybridized carbons (Fsp3) is 0.167. The number of sulfonamides is 1. The van der Waals surface area contributed by atoms with Crippen molar-refractivity contribution < 1.29 is 23.4 Å². The van der Waals surface area contributed by atoms with E-state index in [4.69, 9.17) is 10.2 Å². The molecule has 0 aliphatic heterocycles. The first kappa shape index (κ1) is 15.0. The number of imidazole rings is 1. The Hall–Kier alpha value is -2.39. The van der Waals surface area contributed by atoms with Gasteiger partial charge >= 0.3 is 5.97 Å². The summed E-state index contributed by atoms with van der Waals surface area (Å²) in [4.78, 5) is 17.0. The van der Waals surface area contributed by atoms with Crippen LogP contribution in [0.2, 0.25) is 0 Å². The van der Waals surface area contributed by atoms with Gasteiger partial charge in [-0.2, -0.15) is 8.42 Å². The first-order valence-electron chi connectivity index (χ1n) is 5.92. The smallest absolute Gasteiger partial charge is 0.335 e. The highest BCUT2D eigenvalue weighted by Crippen LogP contribution is 2.22. The zero-order valence-corrected chi connectivity index (χ0v) is 11.6. The molecular weight excluding hydrogens is 298 g/mol. The number of nitrogens with one attached hydrogen (secondary N) is 1. The number of hydrogen-bond acceptors (Lipinski definition) is 5. The molecule has 0 spiro atoms. The highest BCUT2D eigenvalue weighted by Gasteiger charge is 2.25. The average molecular weight is 311 g/mol. The number of hydrogen-bond donors (Lipinski definition) is 3. The SMILES string of the molecule is O=C(O)c1ccc(N(CCO)S(=O)(=O)c2cnc[nH]2)cc1. The molecule has 0 amide bonds. The Kier molecular flexibility index (Phi) is 4.24. The van der Waals surface area contributed by atoms with Gasteiger partial charge < -0.3 is 15.2 Å². The number of H-pyrrole nitrogens is 1. The fourth-order valence-corrected chi connectivity index (χ4v) is 3.11. The van der Waals surface area contributed by atoms with Crippen molar-refractivity contribution in [3.05, 3.63) is 42.4 Å². The molecule has 0 saturated carbocycles. The first-order chi connectivity index (χ1) is 9.96. The molecule has 0 saturated heterocycles. The molecule has 1 aromatic carbocycles. The predicted molar refractivity (Wildman–Crippen MR) is 73.6 cm³/mol. The first-order valence-corrected chi connectivity index (χ1v) is 7.36. The van der Waals surface area contributed by atoms with Crippen LogP contribution >= 0.6 is 0 Å². The second-order valence-corrected chi connectivity index (χ2v) is 5.90. The Morgan fingerprint density at radius 1 is 1.29 bits per heavy atom. The Balaban J connectivity index is 2.41. The lowest BCUT2D eigenvalue weighted by Gasteiger charge is -2.22. The normalized spacial score (nSPS) is 11.3. The molecule has 9 heteroatoms. The monoisotopic (exact) mass is 311 g/mol. The van der Waals surface area contributed by atoms with E-state index in [-0.39, 0.29) is 29.4 Å². The Labute approximate surface area is 120 Å². The predicted octanol–water partition coefficient (Wildman–Crippen LogP) is 0.295. The van der Waals surface area contributed by atoms with Crippen LogP contribution in [0.4, 0.5) is 5.69 Å². The topological polar surface area (TPSA) is 124 Å². The van der Waals surface area contributed by atoms with Crippen molar-refractivity contribution >= 4 is 21.7 Å². The van der Waals surface area contributed by atoms with Gasteiger partial charge in [0.25, 0.3) is 10.0 Å². The lowest BCUT2D eigenvalue weighted by atomic mass is 10.2. The molecule has 1 heterocycles. The quantitative estimate of drug-likeness (QED) is 0.704. The minimum atomic E-state index is -3.90. The van der Waals surface area contributed by atoms with E-state index in [1.54, 1.807) is 0 Å². The summed E-state index contributed by atoms with van der Waals surface area (Å²) >= 11 is 0. The van der Waals surface area contributed by atoms with Gasteiger partial charge in [-0.3, -0.25) is 4.31 Å². The van der Waals surface area contributed by atoms with Crippen molar-refractivity contribution in [3.63, 3.8) is 0 Å². The Morgan fingerprint density at radius 2 is 1.95 bits per heavy atom. The van der Waals surface area contributed by atoms with Gasteiger partial charge in [-0.15, -0.1) is 0 Å². The number of aromatic carboxylic acids is 1. The standard InChI is InChI=1S/C12H13N3O5S/c16-6-5-15(21(19,20)11-7-13-8-14-11)10-3-1-9(2-4-10)12(17)18/h1-4,7-8,16H,5-6H2,(H,13,14)(H,17,18). The van der Waals surface area contributed by atoms with Gasteiger partial charge in [0.1, 0.15) is 0 Å². The fourth-order valence-electron chi connectivity index (χ4n) is 1.75. The van der Waals surface area contributed by atoms with Crippen molar-refractivity contribution in [2.45, 2.75) is 5.03 Å². The third kappa shape index (κ3) is 3.03. The van der Waals surface area contributed by atoms with Crippen LogP contribution in [0.25, 0.3) is 0 Å². The third-order valence-corrected chi connectivity index (χ3v) is 4.50. The number of carbonyl (C=O) groups is 1. The maximum atomic E-state index is 12.4. The molecule has 1 aromatic heterocycles. The number of nitrogens with zero attached hydrogens (tertiary/aromatic N) is 2. The summed E-state index contributed by atoms with van der Waals surface area (Å²) in [5.74, 6) is -1.10. The molecule has 2 rings (SSSR count). The number of carboxylic acid groups (broad SMARTS) is 1. The number of aliphatic hydroxyl groups excluding tert-OH is 1. The summed E-state index contributed by atoms with van der Waals surface area (Å²) in [7, 11) is -3.90. The molecule has 0 unspecified atom stereocenters. The Morgan fingerprint density at radius 3 is 2.43 bits per heavy atom. The van der Waals surface area contributed by atoms with Gasteiger partial charge in [0.15, 0.2) is 5.03 Å². The number of benzene rings is 1. The molecule has 0 aliphatic rings. The van der Waals surface area contributed by atoms with Crippen LogP contribution in [0.15, 0.2) is 41.8 Å². The molecule has 0 bridgehead atoms. The van der Waals surface area contributed by atoms with Crippen molar-refractivity contribution in [1.82, 2.24) is 9.97 Å². The van der Waals surface area contributed by atoms with Crippen LogP contribution in [-0.4, -0.2) is 47.7 Å². The largest absolute Gasteiger partial charge is 0.478 e. The van der Waals surface area contributed by atoms with Crippen LogP contribution < -0.4 is 4.31 Å². The van der Waals surface area contributed by atoms with E-state index in [9.17, 15) is 13.2 Å². The second kappa shape index (κ2) is 5.94. The van der Waals surface area contributed by atoms with E-state index in [1.165, 1.54) is 30.6 Å². The molecule has 2 aromatic rings. The van der Waals surface area contributed by atoms with Crippen LogP contribution in [0.3, 0.4) is 0 Å². The summed E-state index contributed by atoms with van der Waals surface area (Å²) in [5.41, 5.74) is 0.297. The molecule has 8 nitrogen and oxygen atoms in total. The number of aliphatic hydroxyl groups is 1.